The Morgan fingerprint density at radius 3 is 2.88 bits per heavy atom. The van der Waals surface area contributed by atoms with Gasteiger partial charge < -0.3 is 14.8 Å². The summed E-state index contributed by atoms with van der Waals surface area (Å²) in [7, 11) is 1.90. The summed E-state index contributed by atoms with van der Waals surface area (Å²) in [6.07, 6.45) is 0. The van der Waals surface area contributed by atoms with Crippen molar-refractivity contribution in [2.75, 3.05) is 0 Å². The van der Waals surface area contributed by atoms with E-state index in [9.17, 15) is 0 Å². The SMILES string of the molecule is Cc1cc(CSc2nnc(CN)n2C)no1. The number of hydrogen-bond donors (Lipinski definition) is 1. The summed E-state index contributed by atoms with van der Waals surface area (Å²) in [5.41, 5.74) is 6.42. The van der Waals surface area contributed by atoms with Crippen molar-refractivity contribution in [2.24, 2.45) is 12.8 Å². The summed E-state index contributed by atoms with van der Waals surface area (Å²) < 4.78 is 6.87. The fourth-order valence-electron chi connectivity index (χ4n) is 1.27. The molecule has 6 nitrogen and oxygen atoms in total. The first kappa shape index (κ1) is 11.2. The molecule has 16 heavy (non-hydrogen) atoms. The predicted octanol–water partition coefficient (Wildman–Crippen LogP) is 0.863. The van der Waals surface area contributed by atoms with Crippen LogP contribution in [-0.4, -0.2) is 19.9 Å². The van der Waals surface area contributed by atoms with E-state index in [4.69, 9.17) is 10.3 Å². The molecule has 0 aliphatic rings. The number of thioether (sulfide) groups is 1. The molecule has 0 amide bonds. The highest BCUT2D eigenvalue weighted by Crippen LogP contribution is 2.20. The maximum atomic E-state index is 5.51. The maximum Gasteiger partial charge on any atom is 0.191 e. The number of rotatable bonds is 4. The predicted molar refractivity (Wildman–Crippen MR) is 59.7 cm³/mol. The molecule has 2 heterocycles. The van der Waals surface area contributed by atoms with Crippen LogP contribution in [0.25, 0.3) is 0 Å². The topological polar surface area (TPSA) is 82.8 Å². The second-order valence-corrected chi connectivity index (χ2v) is 4.32. The fourth-order valence-corrected chi connectivity index (χ4v) is 2.08. The Kier molecular flexibility index (Phi) is 3.25. The molecule has 0 spiro atoms. The molecule has 0 saturated carbocycles. The van der Waals surface area contributed by atoms with Crippen molar-refractivity contribution in [3.63, 3.8) is 0 Å². The Hall–Kier alpha value is -1.34. The lowest BCUT2D eigenvalue weighted by molar-refractivity contribution is 0.393. The van der Waals surface area contributed by atoms with Crippen molar-refractivity contribution in [1.82, 2.24) is 19.9 Å². The molecule has 0 radical (unpaired) electrons. The summed E-state index contributed by atoms with van der Waals surface area (Å²) in [5, 5.41) is 12.8. The van der Waals surface area contributed by atoms with Gasteiger partial charge in [-0.1, -0.05) is 16.9 Å². The highest BCUT2D eigenvalue weighted by molar-refractivity contribution is 7.98. The van der Waals surface area contributed by atoms with Crippen LogP contribution < -0.4 is 5.73 Å². The van der Waals surface area contributed by atoms with Crippen molar-refractivity contribution in [3.8, 4) is 0 Å². The van der Waals surface area contributed by atoms with Gasteiger partial charge in [0.05, 0.1) is 12.2 Å². The van der Waals surface area contributed by atoms with Crippen LogP contribution in [0.15, 0.2) is 15.7 Å². The molecule has 0 bridgehead atoms. The molecule has 7 heteroatoms. The number of aromatic nitrogens is 4. The first-order valence-electron chi connectivity index (χ1n) is 4.84. The molecule has 86 valence electrons. The average Bonchev–Trinajstić information content (AvgIpc) is 2.83. The van der Waals surface area contributed by atoms with Crippen LogP contribution in [0.4, 0.5) is 0 Å². The van der Waals surface area contributed by atoms with Crippen LogP contribution in [0.1, 0.15) is 17.3 Å². The van der Waals surface area contributed by atoms with Crippen molar-refractivity contribution < 1.29 is 4.52 Å². The molecule has 0 aliphatic heterocycles. The van der Waals surface area contributed by atoms with Gasteiger partial charge in [-0.25, -0.2) is 0 Å². The quantitative estimate of drug-likeness (QED) is 0.797. The number of hydrogen-bond acceptors (Lipinski definition) is 6. The van der Waals surface area contributed by atoms with Crippen LogP contribution in [-0.2, 0) is 19.3 Å². The summed E-state index contributed by atoms with van der Waals surface area (Å²) in [6.45, 7) is 2.27. The average molecular weight is 239 g/mol. The van der Waals surface area contributed by atoms with Crippen molar-refractivity contribution in [2.45, 2.75) is 24.4 Å². The van der Waals surface area contributed by atoms with Crippen LogP contribution in [0.2, 0.25) is 0 Å². The molecule has 0 saturated heterocycles. The standard InChI is InChI=1S/C9H13N5OS/c1-6-3-7(13-15-6)5-16-9-12-11-8(4-10)14(9)2/h3H,4-5,10H2,1-2H3. The largest absolute Gasteiger partial charge is 0.361 e. The fraction of sp³-hybridized carbons (Fsp3) is 0.444. The zero-order valence-electron chi connectivity index (χ0n) is 9.17. The molecule has 2 aromatic rings. The lowest BCUT2D eigenvalue weighted by Crippen LogP contribution is -2.05. The second kappa shape index (κ2) is 4.67. The molecule has 0 unspecified atom stereocenters. The van der Waals surface area contributed by atoms with Crippen LogP contribution in [0, 0.1) is 6.92 Å². The maximum absolute atomic E-state index is 5.51. The molecule has 0 aromatic carbocycles. The van der Waals surface area contributed by atoms with Gasteiger partial charge in [0.2, 0.25) is 0 Å². The monoisotopic (exact) mass is 239 g/mol. The van der Waals surface area contributed by atoms with Gasteiger partial charge in [-0.05, 0) is 6.92 Å². The molecular weight excluding hydrogens is 226 g/mol. The summed E-state index contributed by atoms with van der Waals surface area (Å²) in [6, 6.07) is 1.91. The highest BCUT2D eigenvalue weighted by Gasteiger charge is 2.09. The van der Waals surface area contributed by atoms with Gasteiger partial charge in [0, 0.05) is 18.9 Å². The first-order valence-corrected chi connectivity index (χ1v) is 5.82. The Morgan fingerprint density at radius 1 is 1.50 bits per heavy atom. The number of aryl methyl sites for hydroxylation is 1. The van der Waals surface area contributed by atoms with Crippen LogP contribution >= 0.6 is 11.8 Å². The summed E-state index contributed by atoms with van der Waals surface area (Å²) >= 11 is 1.56. The molecule has 0 aliphatic carbocycles. The van der Waals surface area contributed by atoms with Crippen LogP contribution in [0.3, 0.4) is 0 Å². The van der Waals surface area contributed by atoms with Crippen molar-refractivity contribution in [3.05, 3.63) is 23.3 Å². The smallest absolute Gasteiger partial charge is 0.191 e. The molecule has 2 rings (SSSR count). The number of nitrogens with zero attached hydrogens (tertiary/aromatic N) is 4. The zero-order chi connectivity index (χ0) is 11.5. The van der Waals surface area contributed by atoms with Gasteiger partial charge in [0.25, 0.3) is 0 Å². The van der Waals surface area contributed by atoms with Gasteiger partial charge in [0.1, 0.15) is 11.6 Å². The van der Waals surface area contributed by atoms with E-state index < -0.39 is 0 Å². The van der Waals surface area contributed by atoms with E-state index in [2.05, 4.69) is 15.4 Å². The molecule has 2 N–H and O–H groups in total. The minimum atomic E-state index is 0.396. The van der Waals surface area contributed by atoms with E-state index in [1.165, 1.54) is 0 Å². The van der Waals surface area contributed by atoms with E-state index >= 15 is 0 Å². The van der Waals surface area contributed by atoms with Gasteiger partial charge in [-0.3, -0.25) is 0 Å². The third kappa shape index (κ3) is 2.25. The highest BCUT2D eigenvalue weighted by atomic mass is 32.2. The van der Waals surface area contributed by atoms with Gasteiger partial charge >= 0.3 is 0 Å². The lowest BCUT2D eigenvalue weighted by Gasteiger charge is -1.99. The third-order valence-electron chi connectivity index (χ3n) is 2.13. The first-order chi connectivity index (χ1) is 7.70. The van der Waals surface area contributed by atoms with Crippen LogP contribution in [0.5, 0.6) is 0 Å². The molecular formula is C9H13N5OS. The van der Waals surface area contributed by atoms with Gasteiger partial charge in [0.15, 0.2) is 5.16 Å². The van der Waals surface area contributed by atoms with Gasteiger partial charge in [-0.15, -0.1) is 10.2 Å². The van der Waals surface area contributed by atoms with Crippen molar-refractivity contribution >= 4 is 11.8 Å². The van der Waals surface area contributed by atoms with E-state index in [1.807, 2.05) is 24.6 Å². The normalized spacial score (nSPS) is 10.9. The van der Waals surface area contributed by atoms with E-state index in [-0.39, 0.29) is 0 Å². The third-order valence-corrected chi connectivity index (χ3v) is 3.19. The summed E-state index contributed by atoms with van der Waals surface area (Å²) in [4.78, 5) is 0. The van der Waals surface area contributed by atoms with Crippen molar-refractivity contribution in [1.29, 1.82) is 0 Å². The molecule has 0 fully saturated rings. The Bertz CT molecular complexity index is 478. The van der Waals surface area contributed by atoms with E-state index in [0.717, 1.165) is 22.4 Å². The molecule has 2 aromatic heterocycles. The summed E-state index contributed by atoms with van der Waals surface area (Å²) in [5.74, 6) is 2.31. The second-order valence-electron chi connectivity index (χ2n) is 3.38. The Labute approximate surface area is 97.2 Å². The Balaban J connectivity index is 2.02. The molecule has 0 atom stereocenters. The zero-order valence-corrected chi connectivity index (χ0v) is 9.99. The van der Waals surface area contributed by atoms with E-state index in [1.54, 1.807) is 11.8 Å². The minimum absolute atomic E-state index is 0.396. The number of nitrogens with two attached hydrogens (primary N) is 1. The lowest BCUT2D eigenvalue weighted by atomic mass is 10.4. The minimum Gasteiger partial charge on any atom is -0.361 e. The van der Waals surface area contributed by atoms with E-state index in [0.29, 0.717) is 12.3 Å². The van der Waals surface area contributed by atoms with Gasteiger partial charge in [-0.2, -0.15) is 0 Å². The Morgan fingerprint density at radius 2 is 2.31 bits per heavy atom.